The molecule has 0 unspecified atom stereocenters. The predicted molar refractivity (Wildman–Crippen MR) is 142 cm³/mol. The van der Waals surface area contributed by atoms with Crippen molar-refractivity contribution >= 4 is 38.7 Å². The summed E-state index contributed by atoms with van der Waals surface area (Å²) >= 11 is 3.42. The highest BCUT2D eigenvalue weighted by Crippen LogP contribution is 2.38. The van der Waals surface area contributed by atoms with E-state index in [9.17, 15) is 14.9 Å². The third kappa shape index (κ3) is 5.48. The SMILES string of the molecule is C=CCOc1c(OCC)cc(C=Nn2c(C3CCCCC3)nc3ccc(Br)cc3c2=O)cc1[N+](=O)[O-]. The molecule has 0 bridgehead atoms. The van der Waals surface area contributed by atoms with Crippen LogP contribution in [0.4, 0.5) is 5.69 Å². The molecule has 0 radical (unpaired) electrons. The fourth-order valence-electron chi connectivity index (χ4n) is 4.40. The summed E-state index contributed by atoms with van der Waals surface area (Å²) in [7, 11) is 0. The Bertz CT molecular complexity index is 1380. The molecule has 36 heavy (non-hydrogen) atoms. The quantitative estimate of drug-likeness (QED) is 0.140. The van der Waals surface area contributed by atoms with Crippen molar-refractivity contribution in [3.05, 3.63) is 79.3 Å². The van der Waals surface area contributed by atoms with Crippen LogP contribution in [0.2, 0.25) is 0 Å². The number of hydrogen-bond donors (Lipinski definition) is 0. The van der Waals surface area contributed by atoms with Crippen LogP contribution in [0.5, 0.6) is 11.5 Å². The number of hydrogen-bond acceptors (Lipinski definition) is 7. The molecule has 1 saturated carbocycles. The Kier molecular flexibility index (Phi) is 8.14. The Hall–Kier alpha value is -3.53. The second-order valence-corrected chi connectivity index (χ2v) is 9.40. The van der Waals surface area contributed by atoms with Crippen molar-refractivity contribution < 1.29 is 14.4 Å². The van der Waals surface area contributed by atoms with Crippen LogP contribution in [0.3, 0.4) is 0 Å². The summed E-state index contributed by atoms with van der Waals surface area (Å²) in [5.41, 5.74) is 0.466. The fraction of sp³-hybridized carbons (Fsp3) is 0.346. The lowest BCUT2D eigenvalue weighted by molar-refractivity contribution is -0.385. The second-order valence-electron chi connectivity index (χ2n) is 8.49. The molecule has 0 aliphatic heterocycles. The minimum absolute atomic E-state index is 0.0242. The van der Waals surface area contributed by atoms with Crippen LogP contribution in [0.15, 0.2) is 57.4 Å². The van der Waals surface area contributed by atoms with Crippen molar-refractivity contribution in [3.8, 4) is 11.5 Å². The van der Waals surface area contributed by atoms with Crippen molar-refractivity contribution in [2.75, 3.05) is 13.2 Å². The molecular weight excluding hydrogens is 528 g/mol. The van der Waals surface area contributed by atoms with Crippen molar-refractivity contribution in [2.24, 2.45) is 5.10 Å². The number of nitro groups is 1. The van der Waals surface area contributed by atoms with Crippen LogP contribution < -0.4 is 15.0 Å². The Balaban J connectivity index is 1.85. The molecule has 0 spiro atoms. The largest absolute Gasteiger partial charge is 0.490 e. The number of nitrogens with zero attached hydrogens (tertiary/aromatic N) is 4. The summed E-state index contributed by atoms with van der Waals surface area (Å²) < 4.78 is 13.2. The number of halogens is 1. The highest BCUT2D eigenvalue weighted by atomic mass is 79.9. The highest BCUT2D eigenvalue weighted by molar-refractivity contribution is 9.10. The Labute approximate surface area is 216 Å². The maximum absolute atomic E-state index is 13.5. The number of rotatable bonds is 9. The van der Waals surface area contributed by atoms with E-state index < -0.39 is 4.92 Å². The smallest absolute Gasteiger partial charge is 0.315 e. The average Bonchev–Trinajstić information content (AvgIpc) is 2.88. The molecule has 188 valence electrons. The molecule has 9 nitrogen and oxygen atoms in total. The van der Waals surface area contributed by atoms with E-state index in [-0.39, 0.29) is 41.9 Å². The third-order valence-corrected chi connectivity index (χ3v) is 6.52. The lowest BCUT2D eigenvalue weighted by Crippen LogP contribution is -2.25. The molecule has 0 N–H and O–H groups in total. The van der Waals surface area contributed by atoms with E-state index in [2.05, 4.69) is 27.6 Å². The summed E-state index contributed by atoms with van der Waals surface area (Å²) in [5, 5.41) is 16.7. The molecule has 1 aliphatic carbocycles. The van der Waals surface area contributed by atoms with Crippen LogP contribution in [0.25, 0.3) is 10.9 Å². The molecular formula is C26H27BrN4O5. The first-order valence-electron chi connectivity index (χ1n) is 11.9. The number of fused-ring (bicyclic) bond motifs is 1. The van der Waals surface area contributed by atoms with E-state index in [1.54, 1.807) is 19.1 Å². The lowest BCUT2D eigenvalue weighted by Gasteiger charge is -2.22. The Morgan fingerprint density at radius 1 is 1.25 bits per heavy atom. The van der Waals surface area contributed by atoms with E-state index in [1.165, 1.54) is 23.0 Å². The van der Waals surface area contributed by atoms with Crippen LogP contribution in [0, 0.1) is 10.1 Å². The molecule has 1 heterocycles. The second kappa shape index (κ2) is 11.5. The van der Waals surface area contributed by atoms with Crippen molar-refractivity contribution in [2.45, 2.75) is 44.9 Å². The first-order valence-corrected chi connectivity index (χ1v) is 12.7. The monoisotopic (exact) mass is 554 g/mol. The molecule has 1 aliphatic rings. The highest BCUT2D eigenvalue weighted by Gasteiger charge is 2.24. The maximum atomic E-state index is 13.5. The molecule has 1 fully saturated rings. The van der Waals surface area contributed by atoms with Gasteiger partial charge in [-0.2, -0.15) is 9.78 Å². The zero-order valence-corrected chi connectivity index (χ0v) is 21.6. The number of ether oxygens (including phenoxy) is 2. The maximum Gasteiger partial charge on any atom is 0.315 e. The average molecular weight is 555 g/mol. The zero-order chi connectivity index (χ0) is 25.7. The summed E-state index contributed by atoms with van der Waals surface area (Å²) in [5.74, 6) is 0.961. The summed E-state index contributed by atoms with van der Waals surface area (Å²) in [4.78, 5) is 29.6. The van der Waals surface area contributed by atoms with Gasteiger partial charge in [0.05, 0.1) is 28.6 Å². The molecule has 4 rings (SSSR count). The van der Waals surface area contributed by atoms with Crippen LogP contribution in [-0.2, 0) is 0 Å². The Morgan fingerprint density at radius 3 is 2.72 bits per heavy atom. The minimum atomic E-state index is -0.535. The summed E-state index contributed by atoms with van der Waals surface area (Å²) in [6.45, 7) is 5.75. The standard InChI is InChI=1S/C26H27BrN4O5/c1-3-12-36-24-22(31(33)34)13-17(14-23(24)35-4-2)16-28-30-25(18-8-6-5-7-9-18)29-21-11-10-19(27)15-20(21)26(30)32/h3,10-11,13-16,18H,1,4-9,12H2,2H3. The van der Waals surface area contributed by atoms with E-state index in [0.717, 1.165) is 36.6 Å². The van der Waals surface area contributed by atoms with Crippen LogP contribution >= 0.6 is 15.9 Å². The molecule has 0 atom stereocenters. The van der Waals surface area contributed by atoms with Crippen LogP contribution in [-0.4, -0.2) is 34.0 Å². The molecule has 10 heteroatoms. The summed E-state index contributed by atoms with van der Waals surface area (Å²) in [6.07, 6.45) is 8.08. The van der Waals surface area contributed by atoms with Gasteiger partial charge in [0, 0.05) is 22.0 Å². The van der Waals surface area contributed by atoms with Crippen molar-refractivity contribution in [1.82, 2.24) is 9.66 Å². The van der Waals surface area contributed by atoms with E-state index in [0.29, 0.717) is 22.3 Å². The van der Waals surface area contributed by atoms with Gasteiger partial charge in [-0.3, -0.25) is 14.9 Å². The van der Waals surface area contributed by atoms with Gasteiger partial charge in [-0.05, 0) is 44.0 Å². The number of aromatic nitrogens is 2. The van der Waals surface area contributed by atoms with Gasteiger partial charge in [0.15, 0.2) is 5.75 Å². The van der Waals surface area contributed by atoms with Gasteiger partial charge in [-0.25, -0.2) is 4.98 Å². The first kappa shape index (κ1) is 25.6. The van der Waals surface area contributed by atoms with Gasteiger partial charge in [-0.15, -0.1) is 0 Å². The van der Waals surface area contributed by atoms with Crippen molar-refractivity contribution in [1.29, 1.82) is 0 Å². The minimum Gasteiger partial charge on any atom is -0.490 e. The normalized spacial score (nSPS) is 14.3. The van der Waals surface area contributed by atoms with Gasteiger partial charge in [0.2, 0.25) is 5.75 Å². The van der Waals surface area contributed by atoms with E-state index >= 15 is 0 Å². The summed E-state index contributed by atoms with van der Waals surface area (Å²) in [6, 6.07) is 8.36. The van der Waals surface area contributed by atoms with E-state index in [4.69, 9.17) is 14.5 Å². The molecule has 0 saturated heterocycles. The third-order valence-electron chi connectivity index (χ3n) is 6.03. The topological polar surface area (TPSA) is 109 Å². The van der Waals surface area contributed by atoms with Gasteiger partial charge < -0.3 is 9.47 Å². The van der Waals surface area contributed by atoms with Gasteiger partial charge in [0.25, 0.3) is 5.56 Å². The first-order chi connectivity index (χ1) is 17.4. The van der Waals surface area contributed by atoms with E-state index in [1.807, 2.05) is 12.1 Å². The van der Waals surface area contributed by atoms with Crippen molar-refractivity contribution in [3.63, 3.8) is 0 Å². The molecule has 2 aromatic carbocycles. The van der Waals surface area contributed by atoms with Crippen LogP contribution in [0.1, 0.15) is 56.3 Å². The molecule has 1 aromatic heterocycles. The number of nitro benzene ring substituents is 1. The fourth-order valence-corrected chi connectivity index (χ4v) is 4.76. The predicted octanol–water partition coefficient (Wildman–Crippen LogP) is 5.96. The number of benzene rings is 2. The van der Waals surface area contributed by atoms with Gasteiger partial charge in [-0.1, -0.05) is 47.8 Å². The zero-order valence-electron chi connectivity index (χ0n) is 20.0. The lowest BCUT2D eigenvalue weighted by atomic mass is 9.88. The van der Waals surface area contributed by atoms with Gasteiger partial charge >= 0.3 is 5.69 Å². The molecule has 3 aromatic rings. The van der Waals surface area contributed by atoms with Gasteiger partial charge in [0.1, 0.15) is 12.4 Å². The molecule has 0 amide bonds. The Morgan fingerprint density at radius 2 is 2.03 bits per heavy atom.